The van der Waals surface area contributed by atoms with E-state index in [-0.39, 0.29) is 16.7 Å². The lowest BCUT2D eigenvalue weighted by atomic mass is 10.1. The van der Waals surface area contributed by atoms with Crippen molar-refractivity contribution in [2.45, 2.75) is 51.9 Å². The van der Waals surface area contributed by atoms with Crippen LogP contribution in [0.15, 0.2) is 42.0 Å². The number of allylic oxidation sites excluding steroid dienone is 3. The van der Waals surface area contributed by atoms with Gasteiger partial charge in [-0.15, -0.1) is 0 Å². The van der Waals surface area contributed by atoms with Crippen LogP contribution in [-0.4, -0.2) is 53.2 Å². The van der Waals surface area contributed by atoms with Gasteiger partial charge in [0, 0.05) is 37.4 Å². The minimum absolute atomic E-state index is 0.0465. The highest BCUT2D eigenvalue weighted by Gasteiger charge is 2.34. The van der Waals surface area contributed by atoms with Crippen LogP contribution in [0.3, 0.4) is 0 Å². The molecule has 35 heavy (non-hydrogen) atoms. The summed E-state index contributed by atoms with van der Waals surface area (Å²) in [5.41, 5.74) is -1.12. The van der Waals surface area contributed by atoms with Crippen molar-refractivity contribution in [2.75, 3.05) is 31.5 Å². The largest absolute Gasteiger partial charge is 0.416 e. The van der Waals surface area contributed by atoms with E-state index < -0.39 is 29.9 Å². The van der Waals surface area contributed by atoms with Gasteiger partial charge in [-0.25, -0.2) is 0 Å². The molecule has 0 spiro atoms. The Morgan fingerprint density at radius 1 is 1.00 bits per heavy atom. The summed E-state index contributed by atoms with van der Waals surface area (Å²) in [4.78, 5) is 16.1. The van der Waals surface area contributed by atoms with Gasteiger partial charge < -0.3 is 15.1 Å². The van der Waals surface area contributed by atoms with Gasteiger partial charge in [-0.3, -0.25) is 4.79 Å². The monoisotopic (exact) mass is 521 g/mol. The van der Waals surface area contributed by atoms with Crippen LogP contribution in [0, 0.1) is 0 Å². The smallest absolute Gasteiger partial charge is 0.345 e. The highest BCUT2D eigenvalue weighted by atomic mass is 32.1. The van der Waals surface area contributed by atoms with Crippen LogP contribution in [0.4, 0.5) is 32.0 Å². The van der Waals surface area contributed by atoms with Crippen LogP contribution >= 0.6 is 12.2 Å². The minimum atomic E-state index is -4.80. The van der Waals surface area contributed by atoms with Gasteiger partial charge in [0.25, 0.3) is 0 Å². The first-order chi connectivity index (χ1) is 16.4. The number of thiocarbonyl (C=S) groups is 1. The highest BCUT2D eigenvalue weighted by Crippen LogP contribution is 2.34. The number of anilines is 1. The summed E-state index contributed by atoms with van der Waals surface area (Å²) in [5.74, 6) is -0.0465. The van der Waals surface area contributed by atoms with Crippen LogP contribution in [0.1, 0.15) is 44.2 Å². The second-order valence-corrected chi connectivity index (χ2v) is 8.32. The summed E-state index contributed by atoms with van der Waals surface area (Å²) >= 11 is 5.28. The molecule has 1 aliphatic carbocycles. The van der Waals surface area contributed by atoms with Gasteiger partial charge >= 0.3 is 12.4 Å². The number of alkyl halides is 6. The third-order valence-electron chi connectivity index (χ3n) is 5.36. The van der Waals surface area contributed by atoms with Gasteiger partial charge in [-0.05, 0) is 55.2 Å². The predicted molar refractivity (Wildman–Crippen MR) is 128 cm³/mol. The molecule has 194 valence electrons. The Hall–Kier alpha value is -2.56. The molecular formula is C24H29F6N3OS. The lowest BCUT2D eigenvalue weighted by Gasteiger charge is -2.36. The van der Waals surface area contributed by atoms with Gasteiger partial charge in [0.15, 0.2) is 5.11 Å². The van der Waals surface area contributed by atoms with E-state index in [0.717, 1.165) is 30.5 Å². The lowest BCUT2D eigenvalue weighted by Crippen LogP contribution is -2.51. The number of benzene rings is 1. The minimum Gasteiger partial charge on any atom is -0.345 e. The zero-order valence-corrected chi connectivity index (χ0v) is 20.4. The summed E-state index contributed by atoms with van der Waals surface area (Å²) in [6, 6.07) is 2.24. The van der Waals surface area contributed by atoms with Crippen LogP contribution < -0.4 is 5.32 Å². The number of hydrogen-bond donors (Lipinski definition) is 1. The quantitative estimate of drug-likeness (QED) is 0.372. The molecule has 1 saturated heterocycles. The van der Waals surface area contributed by atoms with E-state index in [1.54, 1.807) is 9.80 Å². The molecule has 0 atom stereocenters. The Kier molecular flexibility index (Phi) is 10.2. The van der Waals surface area contributed by atoms with E-state index in [0.29, 0.717) is 38.7 Å². The zero-order valence-electron chi connectivity index (χ0n) is 19.6. The number of halogens is 6. The number of rotatable bonds is 3. The molecule has 1 N–H and O–H groups in total. The molecule has 0 unspecified atom stereocenters. The molecule has 1 aliphatic heterocycles. The zero-order chi connectivity index (χ0) is 26.2. The Morgan fingerprint density at radius 3 is 2.23 bits per heavy atom. The molecule has 2 aliphatic rings. The fourth-order valence-corrected chi connectivity index (χ4v) is 4.03. The van der Waals surface area contributed by atoms with Gasteiger partial charge in [0.1, 0.15) is 0 Å². The maximum atomic E-state index is 13.2. The number of nitrogens with one attached hydrogen (secondary N) is 1. The van der Waals surface area contributed by atoms with E-state index in [4.69, 9.17) is 12.2 Å². The molecule has 1 aromatic carbocycles. The molecule has 11 heteroatoms. The summed E-state index contributed by atoms with van der Waals surface area (Å²) < 4.78 is 77.7. The second kappa shape index (κ2) is 12.4. The highest BCUT2D eigenvalue weighted by molar-refractivity contribution is 7.80. The van der Waals surface area contributed by atoms with Crippen molar-refractivity contribution >= 4 is 28.9 Å². The summed E-state index contributed by atoms with van der Waals surface area (Å²) in [7, 11) is 0. The molecule has 1 fully saturated rings. The summed E-state index contributed by atoms with van der Waals surface area (Å²) in [6.45, 7) is 5.47. The van der Waals surface area contributed by atoms with E-state index >= 15 is 0 Å². The number of carbonyl (C=O) groups excluding carboxylic acids is 1. The van der Waals surface area contributed by atoms with E-state index in [2.05, 4.69) is 5.32 Å². The van der Waals surface area contributed by atoms with Crippen molar-refractivity contribution < 1.29 is 31.1 Å². The lowest BCUT2D eigenvalue weighted by molar-refractivity contribution is -0.138. The maximum absolute atomic E-state index is 13.2. The molecule has 0 radical (unpaired) electrons. The van der Waals surface area contributed by atoms with Crippen LogP contribution in [-0.2, 0) is 17.4 Å². The van der Waals surface area contributed by atoms with Crippen molar-refractivity contribution in [2.24, 2.45) is 0 Å². The molecule has 4 nitrogen and oxygen atoms in total. The normalized spacial score (nSPS) is 16.6. The molecule has 0 bridgehead atoms. The Balaban J connectivity index is 0.00000210. The van der Waals surface area contributed by atoms with E-state index in [9.17, 15) is 31.1 Å². The van der Waals surface area contributed by atoms with Crippen LogP contribution in [0.5, 0.6) is 0 Å². The molecule has 3 rings (SSSR count). The number of nitrogens with zero attached hydrogens (tertiary/aromatic N) is 2. The van der Waals surface area contributed by atoms with Crippen molar-refractivity contribution in [3.05, 3.63) is 53.1 Å². The van der Waals surface area contributed by atoms with E-state index in [1.165, 1.54) is 0 Å². The number of carbonyl (C=O) groups is 1. The standard InChI is InChI=1S/C22H23F6N3OS.C2H6/c23-21(24,25)14-15-11-17(22(26,27)28)13-18(12-15)29-20(33)31-9-7-30(8-10-31)19(32)16-5-3-1-2-4-6-16;1-2/h1,3,5,11-13H,2,4,6-10,14H2,(H,29,33);1-2H3. The SMILES string of the molecule is CC.O=C(C1=CC=CCCC1)N1CCN(C(=S)Nc2cc(CC(F)(F)F)cc(C(F)(F)F)c2)CC1. The molecule has 1 aromatic rings. The van der Waals surface area contributed by atoms with Crippen molar-refractivity contribution in [1.29, 1.82) is 0 Å². The third-order valence-corrected chi connectivity index (χ3v) is 5.72. The molecule has 0 aromatic heterocycles. The van der Waals surface area contributed by atoms with Crippen molar-refractivity contribution in [1.82, 2.24) is 9.80 Å². The summed E-state index contributed by atoms with van der Waals surface area (Å²) in [5, 5.41) is 2.73. The molecule has 1 heterocycles. The van der Waals surface area contributed by atoms with E-state index in [1.807, 2.05) is 32.1 Å². The first kappa shape index (κ1) is 28.7. The fraction of sp³-hybridized carbons (Fsp3) is 0.500. The molecule has 0 saturated carbocycles. The third kappa shape index (κ3) is 8.87. The topological polar surface area (TPSA) is 35.6 Å². The van der Waals surface area contributed by atoms with Crippen LogP contribution in [0.25, 0.3) is 0 Å². The first-order valence-electron chi connectivity index (χ1n) is 11.4. The number of hydrogen-bond acceptors (Lipinski definition) is 2. The first-order valence-corrected chi connectivity index (χ1v) is 11.8. The van der Waals surface area contributed by atoms with Crippen molar-refractivity contribution in [3.8, 4) is 0 Å². The second-order valence-electron chi connectivity index (χ2n) is 7.93. The Labute approximate surface area is 206 Å². The van der Waals surface area contributed by atoms with Crippen molar-refractivity contribution in [3.63, 3.8) is 0 Å². The predicted octanol–water partition coefficient (Wildman–Crippen LogP) is 6.34. The maximum Gasteiger partial charge on any atom is 0.416 e. The average molecular weight is 522 g/mol. The van der Waals surface area contributed by atoms with Gasteiger partial charge in [-0.1, -0.05) is 32.1 Å². The van der Waals surface area contributed by atoms with Gasteiger partial charge in [0.2, 0.25) is 5.91 Å². The number of piperazine rings is 1. The summed E-state index contributed by atoms with van der Waals surface area (Å²) in [6.07, 6.45) is -2.71. The average Bonchev–Trinajstić information content (AvgIpc) is 3.08. The number of amides is 1. The van der Waals surface area contributed by atoms with Gasteiger partial charge in [0.05, 0.1) is 12.0 Å². The molecular weight excluding hydrogens is 492 g/mol. The Bertz CT molecular complexity index is 948. The van der Waals surface area contributed by atoms with Gasteiger partial charge in [-0.2, -0.15) is 26.3 Å². The molecule has 1 amide bonds. The van der Waals surface area contributed by atoms with Crippen LogP contribution in [0.2, 0.25) is 0 Å². The fourth-order valence-electron chi connectivity index (χ4n) is 3.73. The Morgan fingerprint density at radius 2 is 1.63 bits per heavy atom.